The number of nitrogens with zero attached hydrogens (tertiary/aromatic N) is 2. The second kappa shape index (κ2) is 6.56. The molecule has 128 valence electrons. The molecule has 0 atom stereocenters. The van der Waals surface area contributed by atoms with Gasteiger partial charge in [0.25, 0.3) is 0 Å². The second-order valence-corrected chi connectivity index (χ2v) is 8.35. The van der Waals surface area contributed by atoms with E-state index in [2.05, 4.69) is 10.2 Å². The van der Waals surface area contributed by atoms with Crippen molar-refractivity contribution in [3.8, 4) is 0 Å². The van der Waals surface area contributed by atoms with Crippen LogP contribution in [-0.4, -0.2) is 62.3 Å². The summed E-state index contributed by atoms with van der Waals surface area (Å²) >= 11 is 0. The summed E-state index contributed by atoms with van der Waals surface area (Å²) in [6, 6.07) is 6.27. The van der Waals surface area contributed by atoms with Crippen molar-refractivity contribution in [2.75, 3.05) is 38.5 Å². The fourth-order valence-electron chi connectivity index (χ4n) is 2.20. The molecule has 3 N–H and O–H groups in total. The third-order valence-corrected chi connectivity index (χ3v) is 5.67. The van der Waals surface area contributed by atoms with Crippen LogP contribution in [-0.2, 0) is 14.8 Å². The highest BCUT2D eigenvalue weighted by Crippen LogP contribution is 2.21. The van der Waals surface area contributed by atoms with Crippen molar-refractivity contribution in [2.45, 2.75) is 24.3 Å². The molecule has 0 radical (unpaired) electrons. The maximum atomic E-state index is 12.7. The lowest BCUT2D eigenvalue weighted by atomic mass is 10.1. The zero-order valence-corrected chi connectivity index (χ0v) is 14.6. The molecule has 1 heterocycles. The number of carbonyl (C=O) groups excluding carboxylic acids is 1. The van der Waals surface area contributed by atoms with Gasteiger partial charge in [-0.25, -0.2) is 8.42 Å². The molecule has 1 aliphatic heterocycles. The minimum atomic E-state index is -3.56. The predicted molar refractivity (Wildman–Crippen MR) is 89.6 cm³/mol. The smallest absolute Gasteiger partial charge is 0.243 e. The van der Waals surface area contributed by atoms with Crippen LogP contribution in [0.15, 0.2) is 29.2 Å². The van der Waals surface area contributed by atoms with E-state index in [9.17, 15) is 13.2 Å². The van der Waals surface area contributed by atoms with Gasteiger partial charge in [-0.15, -0.1) is 0 Å². The molecule has 1 saturated heterocycles. The first-order valence-corrected chi connectivity index (χ1v) is 8.94. The predicted octanol–water partition coefficient (Wildman–Crippen LogP) is 0.299. The van der Waals surface area contributed by atoms with Gasteiger partial charge in [0, 0.05) is 31.9 Å². The topological polar surface area (TPSA) is 95.7 Å². The zero-order chi connectivity index (χ0) is 17.3. The van der Waals surface area contributed by atoms with E-state index in [1.165, 1.54) is 16.4 Å². The van der Waals surface area contributed by atoms with Crippen LogP contribution in [0.1, 0.15) is 13.8 Å². The molecule has 1 aromatic carbocycles. The highest BCUT2D eigenvalue weighted by atomic mass is 32.2. The number of benzene rings is 1. The number of nitrogens with two attached hydrogens (primary N) is 1. The minimum absolute atomic E-state index is 0.176. The summed E-state index contributed by atoms with van der Waals surface area (Å²) in [6.07, 6.45) is 0. The van der Waals surface area contributed by atoms with Crippen LogP contribution in [0.2, 0.25) is 0 Å². The van der Waals surface area contributed by atoms with Crippen molar-refractivity contribution in [1.29, 1.82) is 0 Å². The Morgan fingerprint density at radius 1 is 1.22 bits per heavy atom. The molecule has 8 heteroatoms. The highest BCUT2D eigenvalue weighted by molar-refractivity contribution is 7.89. The molecule has 2 rings (SSSR count). The maximum Gasteiger partial charge on any atom is 0.243 e. The number of amides is 1. The van der Waals surface area contributed by atoms with Crippen molar-refractivity contribution in [1.82, 2.24) is 9.21 Å². The number of carbonyl (C=O) groups is 1. The standard InChI is InChI=1S/C15H24N4O3S/c1-15(2,16)14(20)17-12-5-4-6-13(11-12)23(21,22)19-9-7-18(3)8-10-19/h4-6,11H,7-10,16H2,1-3H3,(H,17,20). The molecule has 0 unspecified atom stereocenters. The largest absolute Gasteiger partial charge is 0.324 e. The SMILES string of the molecule is CN1CCN(S(=O)(=O)c2cccc(NC(=O)C(C)(C)N)c2)CC1. The lowest BCUT2D eigenvalue weighted by molar-refractivity contribution is -0.120. The average molecular weight is 340 g/mol. The van der Waals surface area contributed by atoms with E-state index in [1.807, 2.05) is 7.05 Å². The fourth-order valence-corrected chi connectivity index (χ4v) is 3.67. The molecule has 1 fully saturated rings. The summed E-state index contributed by atoms with van der Waals surface area (Å²) in [4.78, 5) is 14.2. The number of hydrogen-bond acceptors (Lipinski definition) is 5. The Balaban J connectivity index is 2.20. The number of piperazine rings is 1. The minimum Gasteiger partial charge on any atom is -0.324 e. The van der Waals surface area contributed by atoms with E-state index < -0.39 is 15.6 Å². The Labute approximate surface area is 137 Å². The summed E-state index contributed by atoms with van der Waals surface area (Å²) in [5.41, 5.74) is 5.12. The molecular formula is C15H24N4O3S. The lowest BCUT2D eigenvalue weighted by Crippen LogP contribution is -2.47. The lowest BCUT2D eigenvalue weighted by Gasteiger charge is -2.31. The molecular weight excluding hydrogens is 316 g/mol. The van der Waals surface area contributed by atoms with E-state index in [4.69, 9.17) is 5.73 Å². The normalized spacial score (nSPS) is 17.9. The van der Waals surface area contributed by atoms with Crippen molar-refractivity contribution in [2.24, 2.45) is 5.73 Å². The van der Waals surface area contributed by atoms with Crippen molar-refractivity contribution >= 4 is 21.6 Å². The van der Waals surface area contributed by atoms with E-state index in [1.54, 1.807) is 26.0 Å². The molecule has 1 amide bonds. The van der Waals surface area contributed by atoms with Gasteiger partial charge in [-0.3, -0.25) is 4.79 Å². The molecule has 0 saturated carbocycles. The Bertz CT molecular complexity index is 674. The van der Waals surface area contributed by atoms with Crippen LogP contribution in [0.3, 0.4) is 0 Å². The second-order valence-electron chi connectivity index (χ2n) is 6.41. The molecule has 0 aliphatic carbocycles. The van der Waals surface area contributed by atoms with Gasteiger partial charge in [0.2, 0.25) is 15.9 Å². The fraction of sp³-hybridized carbons (Fsp3) is 0.533. The zero-order valence-electron chi connectivity index (χ0n) is 13.7. The van der Waals surface area contributed by atoms with Crippen LogP contribution < -0.4 is 11.1 Å². The third-order valence-electron chi connectivity index (χ3n) is 3.78. The van der Waals surface area contributed by atoms with E-state index in [-0.39, 0.29) is 10.8 Å². The van der Waals surface area contributed by atoms with Gasteiger partial charge in [-0.2, -0.15) is 4.31 Å². The Hall–Kier alpha value is -1.48. The third kappa shape index (κ3) is 4.29. The molecule has 0 spiro atoms. The van der Waals surface area contributed by atoms with Gasteiger partial charge in [0.05, 0.1) is 10.4 Å². The molecule has 1 aromatic rings. The summed E-state index contributed by atoms with van der Waals surface area (Å²) in [5.74, 6) is -0.369. The maximum absolute atomic E-state index is 12.7. The molecule has 0 bridgehead atoms. The number of anilines is 1. The monoisotopic (exact) mass is 340 g/mol. The average Bonchev–Trinajstić information content (AvgIpc) is 2.47. The number of rotatable bonds is 4. The first-order chi connectivity index (χ1) is 10.6. The molecule has 23 heavy (non-hydrogen) atoms. The van der Waals surface area contributed by atoms with Crippen LogP contribution >= 0.6 is 0 Å². The van der Waals surface area contributed by atoms with Crippen molar-refractivity contribution < 1.29 is 13.2 Å². The van der Waals surface area contributed by atoms with Gasteiger partial charge < -0.3 is 16.0 Å². The first kappa shape index (κ1) is 17.9. The van der Waals surface area contributed by atoms with Crippen molar-refractivity contribution in [3.63, 3.8) is 0 Å². The van der Waals surface area contributed by atoms with Crippen LogP contribution in [0, 0.1) is 0 Å². The summed E-state index contributed by atoms with van der Waals surface area (Å²) in [6.45, 7) is 5.52. The van der Waals surface area contributed by atoms with Gasteiger partial charge in [0.15, 0.2) is 0 Å². The highest BCUT2D eigenvalue weighted by Gasteiger charge is 2.28. The van der Waals surface area contributed by atoms with E-state index in [0.717, 1.165) is 0 Å². The first-order valence-electron chi connectivity index (χ1n) is 7.50. The Kier molecular flexibility index (Phi) is 5.10. The van der Waals surface area contributed by atoms with Crippen LogP contribution in [0.25, 0.3) is 0 Å². The number of likely N-dealkylation sites (N-methyl/N-ethyl adjacent to an activating group) is 1. The molecule has 1 aliphatic rings. The Morgan fingerprint density at radius 3 is 2.39 bits per heavy atom. The van der Waals surface area contributed by atoms with Gasteiger partial charge in [-0.05, 0) is 39.1 Å². The van der Waals surface area contributed by atoms with Crippen molar-refractivity contribution in [3.05, 3.63) is 24.3 Å². The van der Waals surface area contributed by atoms with Crippen LogP contribution in [0.4, 0.5) is 5.69 Å². The van der Waals surface area contributed by atoms with Gasteiger partial charge in [0.1, 0.15) is 0 Å². The Morgan fingerprint density at radius 2 is 1.83 bits per heavy atom. The van der Waals surface area contributed by atoms with Gasteiger partial charge >= 0.3 is 0 Å². The number of hydrogen-bond donors (Lipinski definition) is 2. The van der Waals surface area contributed by atoms with E-state index >= 15 is 0 Å². The number of nitrogens with one attached hydrogen (secondary N) is 1. The van der Waals surface area contributed by atoms with Crippen LogP contribution in [0.5, 0.6) is 0 Å². The number of sulfonamides is 1. The molecule has 0 aromatic heterocycles. The van der Waals surface area contributed by atoms with Gasteiger partial charge in [-0.1, -0.05) is 6.07 Å². The summed E-state index contributed by atoms with van der Waals surface area (Å²) < 4.78 is 26.9. The summed E-state index contributed by atoms with van der Waals surface area (Å²) in [5, 5.41) is 2.65. The molecule has 7 nitrogen and oxygen atoms in total. The summed E-state index contributed by atoms with van der Waals surface area (Å²) in [7, 11) is -1.59. The van der Waals surface area contributed by atoms with E-state index in [0.29, 0.717) is 31.9 Å². The quantitative estimate of drug-likeness (QED) is 0.822.